The summed E-state index contributed by atoms with van der Waals surface area (Å²) in [6, 6.07) is 10.6. The molecule has 0 fully saturated rings. The summed E-state index contributed by atoms with van der Waals surface area (Å²) < 4.78 is 0. The highest BCUT2D eigenvalue weighted by Gasteiger charge is 2.38. The Morgan fingerprint density at radius 2 is 1.89 bits per heavy atom. The second-order valence-electron chi connectivity index (χ2n) is 4.33. The summed E-state index contributed by atoms with van der Waals surface area (Å²) >= 11 is 4.46. The second-order valence-corrected chi connectivity index (χ2v) is 4.82. The SMILES string of the molecule is O=C1c2ccccc2C(O)N1C(S)c1ccncc1. The molecular weight excluding hydrogens is 260 g/mol. The highest BCUT2D eigenvalue weighted by atomic mass is 32.1. The predicted molar refractivity (Wildman–Crippen MR) is 73.5 cm³/mol. The first-order valence-corrected chi connectivity index (χ1v) is 6.39. The van der Waals surface area contributed by atoms with Crippen molar-refractivity contribution in [3.63, 3.8) is 0 Å². The van der Waals surface area contributed by atoms with E-state index in [-0.39, 0.29) is 5.91 Å². The van der Waals surface area contributed by atoms with Gasteiger partial charge in [-0.15, -0.1) is 12.6 Å². The van der Waals surface area contributed by atoms with E-state index in [1.165, 1.54) is 4.90 Å². The molecule has 2 aromatic rings. The van der Waals surface area contributed by atoms with Gasteiger partial charge >= 0.3 is 0 Å². The van der Waals surface area contributed by atoms with Crippen LogP contribution in [-0.2, 0) is 0 Å². The van der Waals surface area contributed by atoms with Crippen LogP contribution in [0.1, 0.15) is 33.1 Å². The van der Waals surface area contributed by atoms with E-state index in [9.17, 15) is 9.90 Å². The van der Waals surface area contributed by atoms with Crippen LogP contribution in [0.15, 0.2) is 48.8 Å². The molecule has 1 aromatic heterocycles. The molecule has 0 bridgehead atoms. The Labute approximate surface area is 116 Å². The van der Waals surface area contributed by atoms with Gasteiger partial charge in [-0.1, -0.05) is 18.2 Å². The molecule has 2 heterocycles. The first-order chi connectivity index (χ1) is 9.20. The van der Waals surface area contributed by atoms with E-state index < -0.39 is 11.6 Å². The number of carbonyl (C=O) groups is 1. The van der Waals surface area contributed by atoms with Crippen molar-refractivity contribution in [1.29, 1.82) is 0 Å². The Morgan fingerprint density at radius 1 is 1.21 bits per heavy atom. The van der Waals surface area contributed by atoms with Gasteiger partial charge in [-0.2, -0.15) is 0 Å². The molecule has 0 saturated heterocycles. The topological polar surface area (TPSA) is 53.4 Å². The summed E-state index contributed by atoms with van der Waals surface area (Å²) in [6.45, 7) is 0. The van der Waals surface area contributed by atoms with Crippen LogP contribution >= 0.6 is 12.6 Å². The Kier molecular flexibility index (Phi) is 3.00. The lowest BCUT2D eigenvalue weighted by molar-refractivity contribution is 0.0123. The van der Waals surface area contributed by atoms with Gasteiger partial charge in [0.05, 0.1) is 0 Å². The van der Waals surface area contributed by atoms with Crippen molar-refractivity contribution in [3.8, 4) is 0 Å². The fraction of sp³-hybridized carbons (Fsp3) is 0.143. The van der Waals surface area contributed by atoms with Gasteiger partial charge in [0, 0.05) is 23.5 Å². The van der Waals surface area contributed by atoms with E-state index in [4.69, 9.17) is 0 Å². The van der Waals surface area contributed by atoms with E-state index in [0.29, 0.717) is 11.1 Å². The maximum absolute atomic E-state index is 12.3. The number of hydrogen-bond acceptors (Lipinski definition) is 4. The summed E-state index contributed by atoms with van der Waals surface area (Å²) in [5.41, 5.74) is 1.97. The molecular formula is C14H12N2O2S. The molecule has 2 atom stereocenters. The number of amides is 1. The van der Waals surface area contributed by atoms with Crippen LogP contribution in [-0.4, -0.2) is 20.9 Å². The largest absolute Gasteiger partial charge is 0.369 e. The fourth-order valence-corrected chi connectivity index (χ4v) is 2.66. The number of aromatic nitrogens is 1. The zero-order valence-electron chi connectivity index (χ0n) is 9.97. The Bertz CT molecular complexity index is 618. The molecule has 0 spiro atoms. The minimum atomic E-state index is -0.959. The number of hydrogen-bond donors (Lipinski definition) is 2. The summed E-state index contributed by atoms with van der Waals surface area (Å²) in [5, 5.41) is 9.78. The van der Waals surface area contributed by atoms with Crippen molar-refractivity contribution >= 4 is 18.5 Å². The third-order valence-electron chi connectivity index (χ3n) is 3.24. The van der Waals surface area contributed by atoms with Crippen molar-refractivity contribution < 1.29 is 9.90 Å². The Morgan fingerprint density at radius 3 is 2.58 bits per heavy atom. The molecule has 0 aliphatic carbocycles. The monoisotopic (exact) mass is 272 g/mol. The third kappa shape index (κ3) is 1.91. The van der Waals surface area contributed by atoms with Gasteiger partial charge in [0.15, 0.2) is 6.23 Å². The minimum Gasteiger partial charge on any atom is -0.369 e. The van der Waals surface area contributed by atoms with E-state index in [0.717, 1.165) is 5.56 Å². The molecule has 1 aliphatic heterocycles. The van der Waals surface area contributed by atoms with Crippen molar-refractivity contribution in [3.05, 3.63) is 65.5 Å². The average Bonchev–Trinajstić information content (AvgIpc) is 2.72. The van der Waals surface area contributed by atoms with Crippen LogP contribution in [0, 0.1) is 0 Å². The van der Waals surface area contributed by atoms with Gasteiger partial charge in [-0.05, 0) is 23.8 Å². The Balaban J connectivity index is 1.98. The van der Waals surface area contributed by atoms with Gasteiger partial charge < -0.3 is 5.11 Å². The zero-order chi connectivity index (χ0) is 13.4. The molecule has 1 amide bonds. The van der Waals surface area contributed by atoms with E-state index in [2.05, 4.69) is 17.6 Å². The number of benzene rings is 1. The van der Waals surface area contributed by atoms with Crippen LogP contribution in [0.3, 0.4) is 0 Å². The second kappa shape index (κ2) is 4.68. The molecule has 4 nitrogen and oxygen atoms in total. The van der Waals surface area contributed by atoms with Crippen molar-refractivity contribution in [1.82, 2.24) is 9.88 Å². The van der Waals surface area contributed by atoms with Crippen molar-refractivity contribution in [2.24, 2.45) is 0 Å². The summed E-state index contributed by atoms with van der Waals surface area (Å²) in [7, 11) is 0. The smallest absolute Gasteiger partial charge is 0.257 e. The van der Waals surface area contributed by atoms with Crippen molar-refractivity contribution in [2.75, 3.05) is 0 Å². The number of aliphatic hydroxyl groups is 1. The van der Waals surface area contributed by atoms with Gasteiger partial charge in [-0.3, -0.25) is 14.7 Å². The number of rotatable bonds is 2. The number of carbonyl (C=O) groups excluding carboxylic acids is 1. The standard InChI is InChI=1S/C14H12N2O2S/c17-12-10-3-1-2-4-11(10)13(18)16(12)14(19)9-5-7-15-8-6-9/h1-8,12,14,17,19H. The molecule has 5 heteroatoms. The highest BCUT2D eigenvalue weighted by Crippen LogP contribution is 2.39. The van der Waals surface area contributed by atoms with Crippen LogP contribution in [0.4, 0.5) is 0 Å². The maximum atomic E-state index is 12.3. The lowest BCUT2D eigenvalue weighted by atomic mass is 10.1. The quantitative estimate of drug-likeness (QED) is 0.824. The molecule has 0 radical (unpaired) electrons. The van der Waals surface area contributed by atoms with Crippen LogP contribution in [0.5, 0.6) is 0 Å². The van der Waals surface area contributed by atoms with Crippen molar-refractivity contribution in [2.45, 2.75) is 11.6 Å². The third-order valence-corrected chi connectivity index (χ3v) is 3.78. The molecule has 0 saturated carbocycles. The predicted octanol–water partition coefficient (Wildman–Crippen LogP) is 2.16. The van der Waals surface area contributed by atoms with E-state index in [1.807, 2.05) is 0 Å². The molecule has 2 unspecified atom stereocenters. The molecule has 96 valence electrons. The summed E-state index contributed by atoms with van der Waals surface area (Å²) in [5.74, 6) is -0.208. The number of aliphatic hydroxyl groups excluding tert-OH is 1. The highest BCUT2D eigenvalue weighted by molar-refractivity contribution is 7.80. The molecule has 1 aromatic carbocycles. The zero-order valence-corrected chi connectivity index (χ0v) is 10.9. The van der Waals surface area contributed by atoms with Crippen LogP contribution in [0.25, 0.3) is 0 Å². The summed E-state index contributed by atoms with van der Waals surface area (Å²) in [6.07, 6.45) is 2.32. The number of pyridine rings is 1. The fourth-order valence-electron chi connectivity index (χ4n) is 2.26. The first kappa shape index (κ1) is 12.2. The van der Waals surface area contributed by atoms with Gasteiger partial charge in [0.2, 0.25) is 0 Å². The van der Waals surface area contributed by atoms with E-state index in [1.54, 1.807) is 48.8 Å². The van der Waals surface area contributed by atoms with Crippen LogP contribution < -0.4 is 0 Å². The summed E-state index contributed by atoms with van der Waals surface area (Å²) in [4.78, 5) is 17.6. The van der Waals surface area contributed by atoms with Gasteiger partial charge in [0.25, 0.3) is 5.91 Å². The number of nitrogens with zero attached hydrogens (tertiary/aromatic N) is 2. The Hall–Kier alpha value is -1.85. The van der Waals surface area contributed by atoms with Gasteiger partial charge in [0.1, 0.15) is 5.37 Å². The minimum absolute atomic E-state index is 0.208. The lowest BCUT2D eigenvalue weighted by Gasteiger charge is -2.27. The lowest BCUT2D eigenvalue weighted by Crippen LogP contribution is -2.29. The maximum Gasteiger partial charge on any atom is 0.257 e. The normalized spacial score (nSPS) is 19.4. The van der Waals surface area contributed by atoms with E-state index >= 15 is 0 Å². The average molecular weight is 272 g/mol. The molecule has 1 aliphatic rings. The van der Waals surface area contributed by atoms with Crippen LogP contribution in [0.2, 0.25) is 0 Å². The first-order valence-electron chi connectivity index (χ1n) is 5.88. The number of fused-ring (bicyclic) bond motifs is 1. The number of thiol groups is 1. The van der Waals surface area contributed by atoms with Gasteiger partial charge in [-0.25, -0.2) is 0 Å². The molecule has 1 N–H and O–H groups in total. The molecule has 3 rings (SSSR count). The molecule has 19 heavy (non-hydrogen) atoms.